The van der Waals surface area contributed by atoms with Crippen molar-refractivity contribution in [2.24, 2.45) is 16.7 Å². The third-order valence-electron chi connectivity index (χ3n) is 8.17. The zero-order valence-electron chi connectivity index (χ0n) is 16.3. The topological polar surface area (TPSA) is 96.4 Å². The molecule has 0 amide bonds. The lowest BCUT2D eigenvalue weighted by Gasteiger charge is -2.56. The zero-order valence-corrected chi connectivity index (χ0v) is 16.3. The first-order valence-electron chi connectivity index (χ1n) is 9.65. The fourth-order valence-electron chi connectivity index (χ4n) is 5.73. The SMILES string of the molecule is CC1OC1(C)C(=O)OC1CCC2(C)CC(=O)C3(CC2C1(C)O)CC3(C)O. The van der Waals surface area contributed by atoms with Crippen LogP contribution >= 0.6 is 0 Å². The second-order valence-electron chi connectivity index (χ2n) is 10.1. The van der Waals surface area contributed by atoms with Crippen LogP contribution in [0.3, 0.4) is 0 Å². The summed E-state index contributed by atoms with van der Waals surface area (Å²) in [7, 11) is 0. The van der Waals surface area contributed by atoms with Gasteiger partial charge < -0.3 is 19.7 Å². The average molecular weight is 366 g/mol. The summed E-state index contributed by atoms with van der Waals surface area (Å²) >= 11 is 0. The fraction of sp³-hybridized carbons (Fsp3) is 0.900. The smallest absolute Gasteiger partial charge is 0.341 e. The van der Waals surface area contributed by atoms with Crippen molar-refractivity contribution in [3.63, 3.8) is 0 Å². The van der Waals surface area contributed by atoms with Crippen LogP contribution < -0.4 is 0 Å². The molecule has 3 aliphatic carbocycles. The molecule has 146 valence electrons. The number of hydrogen-bond donors (Lipinski definition) is 2. The third-order valence-corrected chi connectivity index (χ3v) is 8.17. The Kier molecular flexibility index (Phi) is 3.46. The Morgan fingerprint density at radius 3 is 2.31 bits per heavy atom. The summed E-state index contributed by atoms with van der Waals surface area (Å²) in [6.45, 7) is 8.99. The maximum Gasteiger partial charge on any atom is 0.341 e. The first-order valence-corrected chi connectivity index (χ1v) is 9.65. The summed E-state index contributed by atoms with van der Waals surface area (Å²) in [5.74, 6) is -0.530. The molecule has 0 radical (unpaired) electrons. The van der Waals surface area contributed by atoms with Gasteiger partial charge in [0.05, 0.1) is 17.1 Å². The van der Waals surface area contributed by atoms with Gasteiger partial charge in [-0.05, 0) is 64.7 Å². The van der Waals surface area contributed by atoms with Crippen LogP contribution in [0, 0.1) is 16.7 Å². The highest BCUT2D eigenvalue weighted by Crippen LogP contribution is 2.69. The largest absolute Gasteiger partial charge is 0.457 e. The highest BCUT2D eigenvalue weighted by atomic mass is 16.7. The molecule has 4 rings (SSSR count). The lowest BCUT2D eigenvalue weighted by Crippen LogP contribution is -2.62. The number of esters is 1. The van der Waals surface area contributed by atoms with Crippen LogP contribution in [0.5, 0.6) is 0 Å². The summed E-state index contributed by atoms with van der Waals surface area (Å²) < 4.78 is 11.1. The van der Waals surface area contributed by atoms with Gasteiger partial charge in [-0.2, -0.15) is 0 Å². The van der Waals surface area contributed by atoms with E-state index < -0.39 is 34.3 Å². The lowest BCUT2D eigenvalue weighted by atomic mass is 9.51. The molecule has 0 aromatic rings. The van der Waals surface area contributed by atoms with Gasteiger partial charge in [-0.15, -0.1) is 0 Å². The molecule has 2 N–H and O–H groups in total. The van der Waals surface area contributed by atoms with E-state index in [-0.39, 0.29) is 23.2 Å². The molecule has 6 heteroatoms. The van der Waals surface area contributed by atoms with E-state index in [1.54, 1.807) is 20.8 Å². The van der Waals surface area contributed by atoms with E-state index in [0.29, 0.717) is 32.1 Å². The van der Waals surface area contributed by atoms with Gasteiger partial charge in [0.25, 0.3) is 0 Å². The van der Waals surface area contributed by atoms with E-state index in [0.717, 1.165) is 0 Å². The van der Waals surface area contributed by atoms with Crippen molar-refractivity contribution in [2.45, 2.75) is 95.7 Å². The number of fused-ring (bicyclic) bond motifs is 1. The molecular formula is C20H30O6. The van der Waals surface area contributed by atoms with Crippen molar-refractivity contribution in [2.75, 3.05) is 0 Å². The minimum atomic E-state index is -1.25. The Hall–Kier alpha value is -0.980. The van der Waals surface area contributed by atoms with Crippen LogP contribution in [0.15, 0.2) is 0 Å². The van der Waals surface area contributed by atoms with E-state index >= 15 is 0 Å². The van der Waals surface area contributed by atoms with Crippen LogP contribution in [-0.2, 0) is 19.1 Å². The molecule has 1 aliphatic heterocycles. The van der Waals surface area contributed by atoms with Gasteiger partial charge in [-0.1, -0.05) is 6.92 Å². The number of carbonyl (C=O) groups excluding carboxylic acids is 2. The quantitative estimate of drug-likeness (QED) is 0.571. The maximum absolute atomic E-state index is 12.8. The van der Waals surface area contributed by atoms with Crippen molar-refractivity contribution < 1.29 is 29.3 Å². The van der Waals surface area contributed by atoms with E-state index in [4.69, 9.17) is 9.47 Å². The highest BCUT2D eigenvalue weighted by molar-refractivity contribution is 5.91. The minimum Gasteiger partial charge on any atom is -0.457 e. The molecule has 4 fully saturated rings. The predicted molar refractivity (Wildman–Crippen MR) is 92.2 cm³/mol. The number of ether oxygens (including phenoxy) is 2. The molecule has 0 aromatic heterocycles. The standard InChI is InChI=1S/C20H30O6/c1-11-19(5,26-11)15(22)25-14-6-7-16(2)9-13(21)20(10-17(20,3)23)8-12(16)18(14,4)24/h11-12,14,23-24H,6-10H2,1-5H3. The van der Waals surface area contributed by atoms with E-state index in [1.807, 2.05) is 13.8 Å². The Morgan fingerprint density at radius 2 is 1.81 bits per heavy atom. The molecule has 1 heterocycles. The third kappa shape index (κ3) is 2.21. The number of epoxide rings is 1. The highest BCUT2D eigenvalue weighted by Gasteiger charge is 2.74. The summed E-state index contributed by atoms with van der Waals surface area (Å²) in [5.41, 5.74) is -4.23. The zero-order chi connectivity index (χ0) is 19.3. The van der Waals surface area contributed by atoms with Gasteiger partial charge in [-0.25, -0.2) is 4.79 Å². The molecule has 3 saturated carbocycles. The summed E-state index contributed by atoms with van der Waals surface area (Å²) in [6.07, 6.45) is 1.69. The van der Waals surface area contributed by atoms with Gasteiger partial charge >= 0.3 is 5.97 Å². The summed E-state index contributed by atoms with van der Waals surface area (Å²) in [4.78, 5) is 25.2. The number of carbonyl (C=O) groups is 2. The molecular weight excluding hydrogens is 336 g/mol. The summed E-state index contributed by atoms with van der Waals surface area (Å²) in [5, 5.41) is 21.9. The molecule has 1 saturated heterocycles. The maximum atomic E-state index is 12.8. The number of aliphatic hydroxyl groups is 2. The van der Waals surface area contributed by atoms with Gasteiger partial charge in [-0.3, -0.25) is 4.79 Å². The van der Waals surface area contributed by atoms with Gasteiger partial charge in [0.2, 0.25) is 0 Å². The van der Waals surface area contributed by atoms with Crippen molar-refractivity contribution in [3.05, 3.63) is 0 Å². The second-order valence-corrected chi connectivity index (χ2v) is 10.1. The summed E-state index contributed by atoms with van der Waals surface area (Å²) in [6, 6.07) is 0. The van der Waals surface area contributed by atoms with Crippen molar-refractivity contribution >= 4 is 11.8 Å². The molecule has 0 aromatic carbocycles. The molecule has 0 bridgehead atoms. The number of Topliss-reactive ketones (excluding diaryl/α,β-unsaturated/α-hetero) is 1. The van der Waals surface area contributed by atoms with Gasteiger partial charge in [0.1, 0.15) is 17.5 Å². The molecule has 26 heavy (non-hydrogen) atoms. The average Bonchev–Trinajstić information content (AvgIpc) is 3.31. The van der Waals surface area contributed by atoms with Crippen LogP contribution in [0.1, 0.15) is 66.7 Å². The van der Waals surface area contributed by atoms with Crippen LogP contribution in [0.25, 0.3) is 0 Å². The van der Waals surface area contributed by atoms with Crippen LogP contribution in [0.2, 0.25) is 0 Å². The van der Waals surface area contributed by atoms with E-state index in [1.165, 1.54) is 0 Å². The molecule has 8 unspecified atom stereocenters. The second kappa shape index (κ2) is 4.89. The Labute approximate surface area is 154 Å². The lowest BCUT2D eigenvalue weighted by molar-refractivity contribution is -0.211. The van der Waals surface area contributed by atoms with E-state index in [9.17, 15) is 19.8 Å². The first kappa shape index (κ1) is 18.4. The van der Waals surface area contributed by atoms with Crippen molar-refractivity contribution in [1.82, 2.24) is 0 Å². The van der Waals surface area contributed by atoms with Crippen LogP contribution in [0.4, 0.5) is 0 Å². The monoisotopic (exact) mass is 366 g/mol. The Morgan fingerprint density at radius 1 is 1.23 bits per heavy atom. The predicted octanol–water partition coefficient (Wildman–Crippen LogP) is 1.75. The van der Waals surface area contributed by atoms with Crippen LogP contribution in [-0.4, -0.2) is 51.0 Å². The minimum absolute atomic E-state index is 0.111. The van der Waals surface area contributed by atoms with Gasteiger partial charge in [0.15, 0.2) is 5.60 Å². The number of hydrogen-bond acceptors (Lipinski definition) is 6. The molecule has 6 nitrogen and oxygen atoms in total. The molecule has 8 atom stereocenters. The van der Waals surface area contributed by atoms with Gasteiger partial charge in [0, 0.05) is 6.42 Å². The number of rotatable bonds is 2. The van der Waals surface area contributed by atoms with Crippen molar-refractivity contribution in [3.8, 4) is 0 Å². The number of ketones is 1. The Bertz CT molecular complexity index is 684. The van der Waals surface area contributed by atoms with Crippen molar-refractivity contribution in [1.29, 1.82) is 0 Å². The fourth-order valence-corrected chi connectivity index (χ4v) is 5.73. The first-order chi connectivity index (χ1) is 11.8. The van der Waals surface area contributed by atoms with E-state index in [2.05, 4.69) is 0 Å². The molecule has 1 spiro atoms. The molecule has 4 aliphatic rings. The normalized spacial score (nSPS) is 58.3. The Balaban J connectivity index is 1.58.